The molecule has 3 N–H and O–H groups in total. The topological polar surface area (TPSA) is 68.3 Å². The highest BCUT2D eigenvalue weighted by atomic mass is 35.5. The summed E-state index contributed by atoms with van der Waals surface area (Å²) in [6.07, 6.45) is 0. The van der Waals surface area contributed by atoms with Gasteiger partial charge in [-0.1, -0.05) is 18.2 Å². The number of rotatable bonds is 4. The Balaban J connectivity index is 0.00000180. The maximum Gasteiger partial charge on any atom is 0.230 e. The van der Waals surface area contributed by atoms with Crippen LogP contribution in [0.5, 0.6) is 0 Å². The molecule has 2 rings (SSSR count). The molecule has 0 aliphatic heterocycles. The molecular formula is C14H19ClN2O2. The van der Waals surface area contributed by atoms with Crippen molar-refractivity contribution in [3.8, 4) is 0 Å². The van der Waals surface area contributed by atoms with E-state index < -0.39 is 0 Å². The van der Waals surface area contributed by atoms with E-state index in [9.17, 15) is 4.79 Å². The number of nitrogens with two attached hydrogens (primary N) is 1. The fourth-order valence-corrected chi connectivity index (χ4v) is 1.77. The van der Waals surface area contributed by atoms with Crippen molar-refractivity contribution in [1.29, 1.82) is 0 Å². The second kappa shape index (κ2) is 6.59. The maximum atomic E-state index is 12.0. The molecule has 104 valence electrons. The van der Waals surface area contributed by atoms with E-state index in [-0.39, 0.29) is 30.3 Å². The molecule has 0 spiro atoms. The van der Waals surface area contributed by atoms with E-state index in [2.05, 4.69) is 5.32 Å². The van der Waals surface area contributed by atoms with Crippen molar-refractivity contribution < 1.29 is 9.21 Å². The zero-order chi connectivity index (χ0) is 13.1. The van der Waals surface area contributed by atoms with Gasteiger partial charge < -0.3 is 15.5 Å². The first kappa shape index (κ1) is 15.5. The summed E-state index contributed by atoms with van der Waals surface area (Å²) in [6.45, 7) is 4.14. The summed E-state index contributed by atoms with van der Waals surface area (Å²) in [5.74, 6) is 0.302. The third kappa shape index (κ3) is 3.49. The van der Waals surface area contributed by atoms with Crippen molar-refractivity contribution in [2.45, 2.75) is 25.8 Å². The summed E-state index contributed by atoms with van der Waals surface area (Å²) in [5, 5.41) is 3.86. The van der Waals surface area contributed by atoms with Crippen LogP contribution in [0.2, 0.25) is 0 Å². The predicted octanol–water partition coefficient (Wildman–Crippen LogP) is 2.42. The molecule has 2 atom stereocenters. The molecule has 1 unspecified atom stereocenters. The van der Waals surface area contributed by atoms with E-state index in [4.69, 9.17) is 10.2 Å². The summed E-state index contributed by atoms with van der Waals surface area (Å²) >= 11 is 0. The summed E-state index contributed by atoms with van der Waals surface area (Å²) < 4.78 is 5.67. The second-order valence-corrected chi connectivity index (χ2v) is 4.55. The number of nitrogens with one attached hydrogen (secondary N) is 1. The minimum Gasteiger partial charge on any atom is -0.460 e. The Hall–Kier alpha value is -1.52. The minimum absolute atomic E-state index is 0. The summed E-state index contributed by atoms with van der Waals surface area (Å²) in [5.41, 5.74) is 6.29. The van der Waals surface area contributed by atoms with Gasteiger partial charge in [0.05, 0.1) is 5.92 Å². The highest BCUT2D eigenvalue weighted by molar-refractivity contribution is 5.86. The number of amides is 1. The van der Waals surface area contributed by atoms with Crippen LogP contribution in [0, 0.1) is 0 Å². The molecule has 19 heavy (non-hydrogen) atoms. The molecule has 0 bridgehead atoms. The first-order valence-corrected chi connectivity index (χ1v) is 6.10. The lowest BCUT2D eigenvalue weighted by atomic mass is 10.1. The van der Waals surface area contributed by atoms with Crippen molar-refractivity contribution in [2.24, 2.45) is 5.73 Å². The standard InChI is InChI=1S/C14H18N2O2.ClH/c1-9(8-15)16-14(17)10(2)13-7-11-5-3-4-6-12(11)18-13;/h3-7,9-10H,8,15H2,1-2H3,(H,16,17);1H/t9-,10?;/m0./s1. The first-order chi connectivity index (χ1) is 8.61. The smallest absolute Gasteiger partial charge is 0.230 e. The van der Waals surface area contributed by atoms with Gasteiger partial charge in [-0.2, -0.15) is 0 Å². The van der Waals surface area contributed by atoms with Crippen molar-refractivity contribution in [3.63, 3.8) is 0 Å². The summed E-state index contributed by atoms with van der Waals surface area (Å²) in [7, 11) is 0. The van der Waals surface area contributed by atoms with Gasteiger partial charge in [0.1, 0.15) is 11.3 Å². The van der Waals surface area contributed by atoms with Gasteiger partial charge in [-0.05, 0) is 26.0 Å². The zero-order valence-electron chi connectivity index (χ0n) is 11.1. The number of halogens is 1. The average molecular weight is 283 g/mol. The van der Waals surface area contributed by atoms with Crippen LogP contribution >= 0.6 is 12.4 Å². The van der Waals surface area contributed by atoms with E-state index in [0.717, 1.165) is 11.0 Å². The average Bonchev–Trinajstić information content (AvgIpc) is 2.81. The third-order valence-corrected chi connectivity index (χ3v) is 3.01. The normalized spacial score (nSPS) is 13.6. The summed E-state index contributed by atoms with van der Waals surface area (Å²) in [4.78, 5) is 12.0. The zero-order valence-corrected chi connectivity index (χ0v) is 11.9. The Morgan fingerprint density at radius 1 is 1.37 bits per heavy atom. The Kier molecular flexibility index (Phi) is 5.39. The number of hydrogen-bond donors (Lipinski definition) is 2. The van der Waals surface area contributed by atoms with Gasteiger partial charge >= 0.3 is 0 Å². The molecule has 5 heteroatoms. The molecule has 0 aliphatic carbocycles. The lowest BCUT2D eigenvalue weighted by molar-refractivity contribution is -0.123. The minimum atomic E-state index is -0.314. The van der Waals surface area contributed by atoms with Crippen LogP contribution in [0.4, 0.5) is 0 Å². The summed E-state index contributed by atoms with van der Waals surface area (Å²) in [6, 6.07) is 9.61. The Morgan fingerprint density at radius 3 is 2.68 bits per heavy atom. The molecule has 0 saturated heterocycles. The lowest BCUT2D eigenvalue weighted by Crippen LogP contribution is -2.39. The largest absolute Gasteiger partial charge is 0.460 e. The van der Waals surface area contributed by atoms with E-state index >= 15 is 0 Å². The molecule has 1 aromatic heterocycles. The van der Waals surface area contributed by atoms with Crippen molar-refractivity contribution >= 4 is 29.3 Å². The fraction of sp³-hybridized carbons (Fsp3) is 0.357. The van der Waals surface area contributed by atoms with Gasteiger partial charge in [-0.15, -0.1) is 12.4 Å². The van der Waals surface area contributed by atoms with Crippen LogP contribution in [0.1, 0.15) is 25.5 Å². The number of carbonyl (C=O) groups is 1. The molecule has 0 aliphatic rings. The van der Waals surface area contributed by atoms with Gasteiger partial charge in [0, 0.05) is 18.0 Å². The number of furan rings is 1. The Labute approximate surface area is 118 Å². The predicted molar refractivity (Wildman–Crippen MR) is 78.5 cm³/mol. The number of carbonyl (C=O) groups excluding carboxylic acids is 1. The Bertz CT molecular complexity index is 520. The second-order valence-electron chi connectivity index (χ2n) is 4.55. The van der Waals surface area contributed by atoms with Gasteiger partial charge in [0.2, 0.25) is 5.91 Å². The quantitative estimate of drug-likeness (QED) is 0.905. The van der Waals surface area contributed by atoms with Crippen LogP contribution in [-0.4, -0.2) is 18.5 Å². The molecular weight excluding hydrogens is 264 g/mol. The first-order valence-electron chi connectivity index (χ1n) is 6.10. The van der Waals surface area contributed by atoms with E-state index in [1.54, 1.807) is 0 Å². The van der Waals surface area contributed by atoms with Gasteiger partial charge in [-0.3, -0.25) is 4.79 Å². The number of fused-ring (bicyclic) bond motifs is 1. The van der Waals surface area contributed by atoms with Crippen LogP contribution < -0.4 is 11.1 Å². The van der Waals surface area contributed by atoms with Crippen LogP contribution in [0.25, 0.3) is 11.0 Å². The van der Waals surface area contributed by atoms with Gasteiger partial charge in [-0.25, -0.2) is 0 Å². The highest BCUT2D eigenvalue weighted by Gasteiger charge is 2.20. The van der Waals surface area contributed by atoms with Crippen LogP contribution in [0.15, 0.2) is 34.7 Å². The van der Waals surface area contributed by atoms with E-state index in [1.807, 2.05) is 44.2 Å². The fourth-order valence-electron chi connectivity index (χ4n) is 1.77. The van der Waals surface area contributed by atoms with Crippen molar-refractivity contribution in [1.82, 2.24) is 5.32 Å². The molecule has 0 fully saturated rings. The van der Waals surface area contributed by atoms with Gasteiger partial charge in [0.15, 0.2) is 0 Å². The molecule has 0 saturated carbocycles. The van der Waals surface area contributed by atoms with Crippen LogP contribution in [0.3, 0.4) is 0 Å². The molecule has 1 amide bonds. The molecule has 1 aromatic carbocycles. The van der Waals surface area contributed by atoms with E-state index in [0.29, 0.717) is 12.3 Å². The van der Waals surface area contributed by atoms with E-state index in [1.165, 1.54) is 0 Å². The number of benzene rings is 1. The SMILES string of the molecule is CC(C(=O)N[C@@H](C)CN)c1cc2ccccc2o1.Cl. The monoisotopic (exact) mass is 282 g/mol. The van der Waals surface area contributed by atoms with Crippen LogP contribution in [-0.2, 0) is 4.79 Å². The lowest BCUT2D eigenvalue weighted by Gasteiger charge is -2.14. The van der Waals surface area contributed by atoms with Crippen molar-refractivity contribution in [3.05, 3.63) is 36.1 Å². The van der Waals surface area contributed by atoms with Gasteiger partial charge in [0.25, 0.3) is 0 Å². The third-order valence-electron chi connectivity index (χ3n) is 3.01. The number of para-hydroxylation sites is 1. The van der Waals surface area contributed by atoms with Crippen molar-refractivity contribution in [2.75, 3.05) is 6.54 Å². The Morgan fingerprint density at radius 2 is 2.05 bits per heavy atom. The maximum absolute atomic E-state index is 12.0. The highest BCUT2D eigenvalue weighted by Crippen LogP contribution is 2.24. The molecule has 2 aromatic rings. The molecule has 4 nitrogen and oxygen atoms in total. The molecule has 0 radical (unpaired) electrons. The molecule has 1 heterocycles. The number of hydrogen-bond acceptors (Lipinski definition) is 3.